The normalized spacial score (nSPS) is 31.9. The fourth-order valence-electron chi connectivity index (χ4n) is 8.19. The Labute approximate surface area is 266 Å². The van der Waals surface area contributed by atoms with E-state index in [1.165, 1.54) is 12.0 Å². The van der Waals surface area contributed by atoms with E-state index >= 15 is 0 Å². The lowest BCUT2D eigenvalue weighted by atomic mass is 9.46. The molecule has 0 radical (unpaired) electrons. The predicted octanol–water partition coefficient (Wildman–Crippen LogP) is 6.47. The van der Waals surface area contributed by atoms with Gasteiger partial charge in [0, 0.05) is 22.5 Å². The van der Waals surface area contributed by atoms with E-state index in [1.54, 1.807) is 29.8 Å². The van der Waals surface area contributed by atoms with E-state index in [0.717, 1.165) is 44.3 Å². The first-order valence-electron chi connectivity index (χ1n) is 15.0. The van der Waals surface area contributed by atoms with Gasteiger partial charge >= 0.3 is 5.97 Å². The number of fused-ring (bicyclic) bond motifs is 6. The molecule has 1 heterocycles. The molecule has 4 aliphatic carbocycles. The molecular formula is C34H44Cl2N2O5. The molecule has 2 aromatic rings. The Balaban J connectivity index is 0.000000208. The molecule has 0 bridgehead atoms. The predicted molar refractivity (Wildman–Crippen MR) is 170 cm³/mol. The number of rotatable bonds is 6. The molecule has 1 N–H and O–H groups in total. The van der Waals surface area contributed by atoms with E-state index in [9.17, 15) is 9.90 Å². The number of hydrogen-bond acceptors (Lipinski definition) is 7. The van der Waals surface area contributed by atoms with Gasteiger partial charge in [-0.2, -0.15) is 0 Å². The third kappa shape index (κ3) is 6.49. The topological polar surface area (TPSA) is 85.0 Å². The molecular weight excluding hydrogens is 587 g/mol. The van der Waals surface area contributed by atoms with Gasteiger partial charge in [-0.25, -0.2) is 4.79 Å². The third-order valence-electron chi connectivity index (χ3n) is 10.6. The molecule has 0 spiro atoms. The van der Waals surface area contributed by atoms with Crippen LogP contribution in [-0.2, 0) is 16.0 Å². The molecule has 6 atom stereocenters. The highest BCUT2D eigenvalue weighted by Gasteiger charge is 2.63. The van der Waals surface area contributed by atoms with Gasteiger partial charge in [-0.15, -0.1) is 18.8 Å². The van der Waals surface area contributed by atoms with Crippen LogP contribution in [0.2, 0.25) is 5.02 Å². The van der Waals surface area contributed by atoms with Crippen molar-refractivity contribution in [1.82, 2.24) is 10.1 Å². The van der Waals surface area contributed by atoms with Crippen molar-refractivity contribution in [2.75, 3.05) is 33.9 Å². The first-order chi connectivity index (χ1) is 20.0. The van der Waals surface area contributed by atoms with Crippen LogP contribution in [0.3, 0.4) is 0 Å². The van der Waals surface area contributed by atoms with Crippen LogP contribution >= 0.6 is 24.0 Å². The summed E-state index contributed by atoms with van der Waals surface area (Å²) >= 11 is 5.72. The second-order valence-corrected chi connectivity index (χ2v) is 13.6. The number of likely N-dealkylation sites (N-methyl/N-ethyl adjacent to an activating group) is 1. The molecule has 0 amide bonds. The number of aromatic nitrogens is 1. The molecule has 7 nitrogen and oxygen atoms in total. The van der Waals surface area contributed by atoms with Crippen molar-refractivity contribution in [2.24, 2.45) is 28.6 Å². The second-order valence-electron chi connectivity index (χ2n) is 13.2. The maximum absolute atomic E-state index is 11.3. The van der Waals surface area contributed by atoms with Gasteiger partial charge in [-0.1, -0.05) is 42.1 Å². The smallest absolute Gasteiger partial charge is 0.344 e. The number of carbonyl (C=O) groups is 1. The zero-order chi connectivity index (χ0) is 30.1. The molecule has 3 saturated carbocycles. The van der Waals surface area contributed by atoms with E-state index in [-0.39, 0.29) is 35.8 Å². The standard InChI is InChI=1S/C22H27NO2.C12H16ClNO3.ClH/c1-4-22(24)10-8-18-16-6-5-15-11-19-14(13-23-25-19)12-20(15,2)17(16)7-9-21(18,22)3;1-14(2)7-8-16-12(15)9-17-11-5-3-10(13)4-6-11;/h1,11,13,16-18,24H,5-10,12H2,2-3H3;3-6H,7-9H2,1-2H3;1H. The highest BCUT2D eigenvalue weighted by Crippen LogP contribution is 2.67. The maximum Gasteiger partial charge on any atom is 0.344 e. The summed E-state index contributed by atoms with van der Waals surface area (Å²) in [4.78, 5) is 13.2. The van der Waals surface area contributed by atoms with Crippen LogP contribution in [0.1, 0.15) is 63.7 Å². The molecule has 234 valence electrons. The Bertz CT molecular complexity index is 1350. The molecule has 43 heavy (non-hydrogen) atoms. The molecule has 6 rings (SSSR count). The lowest BCUT2D eigenvalue weighted by Gasteiger charge is -2.58. The quantitative estimate of drug-likeness (QED) is 0.289. The number of halogens is 2. The Morgan fingerprint density at radius 2 is 1.91 bits per heavy atom. The second kappa shape index (κ2) is 13.2. The van der Waals surface area contributed by atoms with Crippen LogP contribution in [0.5, 0.6) is 5.75 Å². The number of terminal acetylenes is 1. The van der Waals surface area contributed by atoms with Crippen LogP contribution in [0, 0.1) is 40.9 Å². The van der Waals surface area contributed by atoms with Gasteiger partial charge in [0.05, 0.1) is 6.20 Å². The number of benzene rings is 1. The highest BCUT2D eigenvalue weighted by molar-refractivity contribution is 6.30. The zero-order valence-corrected chi connectivity index (χ0v) is 27.2. The van der Waals surface area contributed by atoms with Crippen LogP contribution in [0.15, 0.2) is 40.6 Å². The van der Waals surface area contributed by atoms with Crippen molar-refractivity contribution in [1.29, 1.82) is 0 Å². The van der Waals surface area contributed by atoms with Crippen LogP contribution in [0.25, 0.3) is 6.08 Å². The molecule has 0 saturated heterocycles. The van der Waals surface area contributed by atoms with E-state index in [4.69, 9.17) is 32.0 Å². The summed E-state index contributed by atoms with van der Waals surface area (Å²) in [7, 11) is 3.83. The van der Waals surface area contributed by atoms with Crippen molar-refractivity contribution in [3.63, 3.8) is 0 Å². The molecule has 1 aromatic heterocycles. The van der Waals surface area contributed by atoms with Crippen molar-refractivity contribution in [2.45, 2.75) is 64.4 Å². The molecule has 6 unspecified atom stereocenters. The van der Waals surface area contributed by atoms with Crippen molar-refractivity contribution in [3.8, 4) is 18.1 Å². The number of allylic oxidation sites excluding steroid dienone is 1. The van der Waals surface area contributed by atoms with E-state index in [1.807, 2.05) is 25.2 Å². The van der Waals surface area contributed by atoms with Gasteiger partial charge in [0.1, 0.15) is 18.0 Å². The minimum absolute atomic E-state index is 0. The number of carbonyl (C=O) groups excluding carboxylic acids is 1. The Morgan fingerprint density at radius 1 is 1.19 bits per heavy atom. The van der Waals surface area contributed by atoms with Crippen LogP contribution < -0.4 is 4.74 Å². The number of esters is 1. The number of ether oxygens (including phenoxy) is 2. The monoisotopic (exact) mass is 630 g/mol. The summed E-state index contributed by atoms with van der Waals surface area (Å²) in [6.45, 7) is 5.70. The number of hydrogen-bond donors (Lipinski definition) is 1. The lowest BCUT2D eigenvalue weighted by Crippen LogP contribution is -2.54. The minimum atomic E-state index is -0.909. The van der Waals surface area contributed by atoms with Gasteiger partial charge in [0.25, 0.3) is 0 Å². The van der Waals surface area contributed by atoms with Gasteiger partial charge < -0.3 is 24.0 Å². The average Bonchev–Trinajstić information content (AvgIpc) is 3.52. The van der Waals surface area contributed by atoms with Gasteiger partial charge in [-0.3, -0.25) is 0 Å². The third-order valence-corrected chi connectivity index (χ3v) is 10.9. The molecule has 3 fully saturated rings. The zero-order valence-electron chi connectivity index (χ0n) is 25.6. The number of aliphatic hydroxyl groups is 1. The SMILES string of the molecule is C#CC1(O)CCC2C3CCC4=Cc5oncc5CC4(C)C3CCC21C.CN(C)CCOC(=O)COc1ccc(Cl)cc1.Cl. The van der Waals surface area contributed by atoms with E-state index in [2.05, 4.69) is 31.0 Å². The lowest BCUT2D eigenvalue weighted by molar-refractivity contribution is -0.146. The van der Waals surface area contributed by atoms with E-state index in [0.29, 0.717) is 41.7 Å². The summed E-state index contributed by atoms with van der Waals surface area (Å²) < 4.78 is 15.6. The molecule has 0 aliphatic heterocycles. The highest BCUT2D eigenvalue weighted by atomic mass is 35.5. The summed E-state index contributed by atoms with van der Waals surface area (Å²) in [5.41, 5.74) is 1.99. The molecule has 4 aliphatic rings. The Kier molecular flexibility index (Phi) is 10.3. The molecule has 1 aromatic carbocycles. The summed E-state index contributed by atoms with van der Waals surface area (Å²) in [5.74, 6) is 5.86. The van der Waals surface area contributed by atoms with E-state index < -0.39 is 5.60 Å². The summed E-state index contributed by atoms with van der Waals surface area (Å²) in [6, 6.07) is 6.81. The summed E-state index contributed by atoms with van der Waals surface area (Å²) in [6.07, 6.45) is 17.4. The fourth-order valence-corrected chi connectivity index (χ4v) is 8.32. The van der Waals surface area contributed by atoms with Gasteiger partial charge in [0.2, 0.25) is 0 Å². The fraction of sp³-hybridized carbons (Fsp3) is 0.588. The number of nitrogens with zero attached hydrogens (tertiary/aromatic N) is 2. The van der Waals surface area contributed by atoms with Gasteiger partial charge in [-0.05, 0) is 113 Å². The first kappa shape index (κ1) is 33.4. The minimum Gasteiger partial charge on any atom is -0.482 e. The van der Waals surface area contributed by atoms with Crippen molar-refractivity contribution >= 4 is 36.1 Å². The van der Waals surface area contributed by atoms with Crippen LogP contribution in [-0.4, -0.2) is 60.6 Å². The largest absolute Gasteiger partial charge is 0.482 e. The summed E-state index contributed by atoms with van der Waals surface area (Å²) in [5, 5.41) is 15.7. The van der Waals surface area contributed by atoms with Gasteiger partial charge in [0.15, 0.2) is 12.4 Å². The maximum atomic E-state index is 11.3. The molecule has 9 heteroatoms. The Hall–Kier alpha value is -2.50. The first-order valence-corrected chi connectivity index (χ1v) is 15.4. The van der Waals surface area contributed by atoms with Crippen LogP contribution in [0.4, 0.5) is 0 Å². The van der Waals surface area contributed by atoms with Crippen molar-refractivity contribution < 1.29 is 23.9 Å². The Morgan fingerprint density at radius 3 is 2.60 bits per heavy atom. The van der Waals surface area contributed by atoms with Crippen molar-refractivity contribution in [3.05, 3.63) is 52.4 Å². The average molecular weight is 632 g/mol.